The van der Waals surface area contributed by atoms with Crippen LogP contribution in [0.1, 0.15) is 18.5 Å². The quantitative estimate of drug-likeness (QED) is 0.505. The maximum atomic E-state index is 12.4. The lowest BCUT2D eigenvalue weighted by Gasteiger charge is -2.14. The highest BCUT2D eigenvalue weighted by atomic mass is 19.4. The summed E-state index contributed by atoms with van der Waals surface area (Å²) in [6.07, 6.45) is -0.184. The number of nitrogens with zero attached hydrogens (tertiary/aromatic N) is 6. The number of imidazole rings is 1. The van der Waals surface area contributed by atoms with Crippen LogP contribution in [0.15, 0.2) is 35.5 Å². The average molecular weight is 430 g/mol. The van der Waals surface area contributed by atoms with E-state index in [4.69, 9.17) is 5.26 Å². The monoisotopic (exact) mass is 430 g/mol. The van der Waals surface area contributed by atoms with E-state index in [1.165, 1.54) is 23.8 Å². The lowest BCUT2D eigenvalue weighted by molar-refractivity contribution is -0.140. The number of alkyl halides is 3. The van der Waals surface area contributed by atoms with Gasteiger partial charge in [-0.1, -0.05) is 0 Å². The topological polar surface area (TPSA) is 134 Å². The summed E-state index contributed by atoms with van der Waals surface area (Å²) < 4.78 is 39.7. The minimum atomic E-state index is -4.58. The Labute approximate surface area is 171 Å². The molecule has 4 heterocycles. The number of pyridine rings is 1. The van der Waals surface area contributed by atoms with Gasteiger partial charge < -0.3 is 10.3 Å². The SMILES string of the molecule is CC(C(=O)NCC(F)(F)F)n1c(=O)[nH]c2cnc(-c3cnn4ccc(C#N)cc34)nc21. The molecule has 31 heavy (non-hydrogen) atoms. The molecule has 4 aromatic rings. The third-order valence-corrected chi connectivity index (χ3v) is 4.58. The van der Waals surface area contributed by atoms with E-state index in [0.29, 0.717) is 16.6 Å². The normalized spacial score (nSPS) is 12.7. The van der Waals surface area contributed by atoms with Crippen LogP contribution < -0.4 is 11.0 Å². The zero-order valence-corrected chi connectivity index (χ0v) is 15.8. The highest BCUT2D eigenvalue weighted by molar-refractivity contribution is 5.83. The predicted octanol–water partition coefficient (Wildman–Crippen LogP) is 1.55. The van der Waals surface area contributed by atoms with Crippen LogP contribution in [0, 0.1) is 11.3 Å². The van der Waals surface area contributed by atoms with E-state index in [2.05, 4.69) is 20.1 Å². The van der Waals surface area contributed by atoms with Gasteiger partial charge >= 0.3 is 11.9 Å². The van der Waals surface area contributed by atoms with Crippen LogP contribution in [0.5, 0.6) is 0 Å². The van der Waals surface area contributed by atoms with Crippen LogP contribution in [0.25, 0.3) is 28.1 Å². The predicted molar refractivity (Wildman–Crippen MR) is 101 cm³/mol. The summed E-state index contributed by atoms with van der Waals surface area (Å²) in [7, 11) is 0. The van der Waals surface area contributed by atoms with Crippen molar-refractivity contribution >= 4 is 22.6 Å². The molecule has 2 N–H and O–H groups in total. The number of halogens is 3. The molecule has 1 unspecified atom stereocenters. The second-order valence-electron chi connectivity index (χ2n) is 6.66. The van der Waals surface area contributed by atoms with E-state index in [9.17, 15) is 22.8 Å². The molecule has 0 spiro atoms. The van der Waals surface area contributed by atoms with Crippen molar-refractivity contribution in [2.75, 3.05) is 6.54 Å². The maximum Gasteiger partial charge on any atom is 0.405 e. The van der Waals surface area contributed by atoms with Gasteiger partial charge in [-0.2, -0.15) is 23.5 Å². The van der Waals surface area contributed by atoms with Crippen molar-refractivity contribution in [2.24, 2.45) is 0 Å². The number of rotatable bonds is 4. The summed E-state index contributed by atoms with van der Waals surface area (Å²) in [4.78, 5) is 35.6. The number of aromatic amines is 1. The molecule has 158 valence electrons. The summed E-state index contributed by atoms with van der Waals surface area (Å²) in [6, 6.07) is 3.93. The average Bonchev–Trinajstić information content (AvgIpc) is 3.29. The summed E-state index contributed by atoms with van der Waals surface area (Å²) >= 11 is 0. The molecule has 13 heteroatoms. The van der Waals surface area contributed by atoms with Crippen LogP contribution >= 0.6 is 0 Å². The Morgan fingerprint density at radius 2 is 2.16 bits per heavy atom. The number of hydrogen-bond acceptors (Lipinski definition) is 6. The number of carbonyl (C=O) groups excluding carboxylic acids is 1. The molecule has 0 saturated carbocycles. The molecule has 10 nitrogen and oxygen atoms in total. The van der Waals surface area contributed by atoms with Crippen molar-refractivity contribution in [3.63, 3.8) is 0 Å². The first-order valence-corrected chi connectivity index (χ1v) is 8.87. The lowest BCUT2D eigenvalue weighted by atomic mass is 10.2. The minimum absolute atomic E-state index is 0.0421. The van der Waals surface area contributed by atoms with Gasteiger partial charge in [0.1, 0.15) is 18.1 Å². The minimum Gasteiger partial charge on any atom is -0.345 e. The molecule has 4 aromatic heterocycles. The third-order valence-electron chi connectivity index (χ3n) is 4.58. The Morgan fingerprint density at radius 1 is 1.39 bits per heavy atom. The lowest BCUT2D eigenvalue weighted by Crippen LogP contribution is -2.39. The summed E-state index contributed by atoms with van der Waals surface area (Å²) in [5.41, 5.74) is 0.928. The number of hydrogen-bond donors (Lipinski definition) is 2. The van der Waals surface area contributed by atoms with Crippen LogP contribution in [-0.2, 0) is 4.79 Å². The zero-order valence-electron chi connectivity index (χ0n) is 15.8. The van der Waals surface area contributed by atoms with Gasteiger partial charge in [0.2, 0.25) is 5.91 Å². The van der Waals surface area contributed by atoms with Gasteiger partial charge in [0, 0.05) is 6.20 Å². The largest absolute Gasteiger partial charge is 0.405 e. The summed E-state index contributed by atoms with van der Waals surface area (Å²) in [5.74, 6) is -0.830. The molecule has 0 bridgehead atoms. The van der Waals surface area contributed by atoms with Crippen molar-refractivity contribution in [2.45, 2.75) is 19.1 Å². The fourth-order valence-corrected chi connectivity index (χ4v) is 3.08. The van der Waals surface area contributed by atoms with E-state index in [0.717, 1.165) is 4.57 Å². The number of amides is 1. The third kappa shape index (κ3) is 3.70. The molecule has 0 fully saturated rings. The molecule has 0 radical (unpaired) electrons. The Balaban J connectivity index is 1.78. The first-order chi connectivity index (χ1) is 14.7. The smallest absolute Gasteiger partial charge is 0.345 e. The Hall–Kier alpha value is -4.21. The molecule has 4 rings (SSSR count). The van der Waals surface area contributed by atoms with Crippen LogP contribution in [0.2, 0.25) is 0 Å². The fourth-order valence-electron chi connectivity index (χ4n) is 3.08. The molecule has 0 aliphatic heterocycles. The van der Waals surface area contributed by atoms with Gasteiger partial charge in [0.25, 0.3) is 0 Å². The molecule has 0 aromatic carbocycles. The number of carbonyl (C=O) groups is 1. The molecule has 0 aliphatic rings. The molecule has 1 atom stereocenters. The first kappa shape index (κ1) is 20.1. The Kier molecular flexibility index (Phi) is 4.69. The van der Waals surface area contributed by atoms with Crippen LogP contribution in [-0.4, -0.2) is 47.8 Å². The molecular formula is C18H13F3N8O2. The van der Waals surface area contributed by atoms with E-state index in [-0.39, 0.29) is 17.0 Å². The van der Waals surface area contributed by atoms with Gasteiger partial charge in [-0.15, -0.1) is 0 Å². The van der Waals surface area contributed by atoms with Crippen molar-refractivity contribution in [3.05, 3.63) is 46.8 Å². The highest BCUT2D eigenvalue weighted by Gasteiger charge is 2.30. The van der Waals surface area contributed by atoms with Gasteiger partial charge in [-0.3, -0.25) is 9.36 Å². The van der Waals surface area contributed by atoms with E-state index >= 15 is 0 Å². The van der Waals surface area contributed by atoms with Crippen molar-refractivity contribution in [3.8, 4) is 17.5 Å². The number of nitrogens with one attached hydrogen (secondary N) is 2. The maximum absolute atomic E-state index is 12.4. The number of fused-ring (bicyclic) bond motifs is 2. The van der Waals surface area contributed by atoms with E-state index < -0.39 is 30.4 Å². The molecular weight excluding hydrogens is 417 g/mol. The zero-order chi connectivity index (χ0) is 22.3. The summed E-state index contributed by atoms with van der Waals surface area (Å²) in [6.45, 7) is -0.228. The Morgan fingerprint density at radius 3 is 2.87 bits per heavy atom. The van der Waals surface area contributed by atoms with Gasteiger partial charge in [-0.25, -0.2) is 19.3 Å². The van der Waals surface area contributed by atoms with Crippen LogP contribution in [0.4, 0.5) is 13.2 Å². The second kappa shape index (κ2) is 7.24. The van der Waals surface area contributed by atoms with Gasteiger partial charge in [0.05, 0.1) is 35.1 Å². The van der Waals surface area contributed by atoms with E-state index in [1.54, 1.807) is 23.6 Å². The first-order valence-electron chi connectivity index (χ1n) is 8.87. The van der Waals surface area contributed by atoms with Gasteiger partial charge in [-0.05, 0) is 19.1 Å². The van der Waals surface area contributed by atoms with Crippen molar-refractivity contribution in [1.82, 2.24) is 34.4 Å². The molecule has 0 saturated heterocycles. The Bertz CT molecular complexity index is 1410. The highest BCUT2D eigenvalue weighted by Crippen LogP contribution is 2.24. The van der Waals surface area contributed by atoms with E-state index in [1.807, 2.05) is 6.07 Å². The van der Waals surface area contributed by atoms with Gasteiger partial charge in [0.15, 0.2) is 11.5 Å². The van der Waals surface area contributed by atoms with Crippen LogP contribution in [0.3, 0.4) is 0 Å². The second-order valence-corrected chi connectivity index (χ2v) is 6.66. The standard InChI is InChI=1S/C18H13F3N8O2/c1-9(16(30)24-8-18(19,20)21)29-15-12(26-17(29)31)7-23-14(27-15)11-6-25-28-3-2-10(5-22)4-13(11)28/h2-4,6-7,9H,8H2,1H3,(H,24,30)(H,26,31). The number of H-pyrrole nitrogens is 1. The van der Waals surface area contributed by atoms with Crippen molar-refractivity contribution < 1.29 is 18.0 Å². The van der Waals surface area contributed by atoms with Crippen molar-refractivity contribution in [1.29, 1.82) is 5.26 Å². The molecule has 0 aliphatic carbocycles. The molecule has 1 amide bonds. The number of nitriles is 1. The number of aromatic nitrogens is 6. The summed E-state index contributed by atoms with van der Waals surface area (Å²) in [5, 5.41) is 15.0. The fraction of sp³-hybridized carbons (Fsp3) is 0.222.